The van der Waals surface area contributed by atoms with E-state index in [1.807, 2.05) is 18.2 Å². The van der Waals surface area contributed by atoms with E-state index in [1.165, 1.54) is 18.5 Å². The number of rotatable bonds is 4. The van der Waals surface area contributed by atoms with Crippen LogP contribution in [0.1, 0.15) is 12.8 Å². The normalized spacial score (nSPS) is 15.7. The van der Waals surface area contributed by atoms with Crippen LogP contribution in [0.2, 0.25) is 0 Å². The number of nitrogens with zero attached hydrogens (tertiary/aromatic N) is 1. The standard InChI is InChI=1S/C12H17NO2/c1-14-10-15-12-7-3-2-6-11(12)13-8-4-5-9-13/h2-3,6-7H,4-5,8-10H2,1H3. The summed E-state index contributed by atoms with van der Waals surface area (Å²) in [7, 11) is 1.64. The van der Waals surface area contributed by atoms with Gasteiger partial charge in [0.05, 0.1) is 5.69 Å². The predicted octanol–water partition coefficient (Wildman–Crippen LogP) is 2.27. The third kappa shape index (κ3) is 2.42. The largest absolute Gasteiger partial charge is 0.465 e. The molecule has 1 aliphatic heterocycles. The van der Waals surface area contributed by atoms with E-state index in [2.05, 4.69) is 11.0 Å². The van der Waals surface area contributed by atoms with E-state index >= 15 is 0 Å². The second-order valence-electron chi connectivity index (χ2n) is 3.71. The van der Waals surface area contributed by atoms with Crippen LogP contribution < -0.4 is 9.64 Å². The molecule has 1 aromatic carbocycles. The Morgan fingerprint density at radius 2 is 1.93 bits per heavy atom. The lowest BCUT2D eigenvalue weighted by atomic mass is 10.2. The third-order valence-electron chi connectivity index (χ3n) is 2.64. The van der Waals surface area contributed by atoms with Crippen LogP contribution >= 0.6 is 0 Å². The van der Waals surface area contributed by atoms with E-state index in [0.717, 1.165) is 18.8 Å². The minimum atomic E-state index is 0.310. The Balaban J connectivity index is 2.13. The highest BCUT2D eigenvalue weighted by molar-refractivity contribution is 5.58. The van der Waals surface area contributed by atoms with Gasteiger partial charge in [-0.05, 0) is 25.0 Å². The van der Waals surface area contributed by atoms with Crippen molar-refractivity contribution >= 4 is 5.69 Å². The number of ether oxygens (including phenoxy) is 2. The Labute approximate surface area is 90.6 Å². The predicted molar refractivity (Wildman–Crippen MR) is 60.4 cm³/mol. The van der Waals surface area contributed by atoms with Gasteiger partial charge in [0.1, 0.15) is 5.75 Å². The van der Waals surface area contributed by atoms with Gasteiger partial charge < -0.3 is 14.4 Å². The number of benzene rings is 1. The zero-order valence-electron chi connectivity index (χ0n) is 9.11. The summed E-state index contributed by atoms with van der Waals surface area (Å²) in [4.78, 5) is 2.37. The van der Waals surface area contributed by atoms with Crippen molar-refractivity contribution in [2.45, 2.75) is 12.8 Å². The molecule has 2 rings (SSSR count). The molecule has 1 saturated heterocycles. The van der Waals surface area contributed by atoms with Crippen LogP contribution in [-0.4, -0.2) is 27.0 Å². The molecule has 0 saturated carbocycles. The molecule has 3 heteroatoms. The molecule has 3 nitrogen and oxygen atoms in total. The zero-order chi connectivity index (χ0) is 10.5. The molecular formula is C12H17NO2. The van der Waals surface area contributed by atoms with Gasteiger partial charge in [-0.15, -0.1) is 0 Å². The fourth-order valence-corrected chi connectivity index (χ4v) is 1.92. The smallest absolute Gasteiger partial charge is 0.188 e. The van der Waals surface area contributed by atoms with Gasteiger partial charge in [-0.2, -0.15) is 0 Å². The summed E-state index contributed by atoms with van der Waals surface area (Å²) in [5.41, 5.74) is 1.19. The van der Waals surface area contributed by atoms with Crippen LogP contribution in [0.5, 0.6) is 5.75 Å². The second kappa shape index (κ2) is 5.03. The number of hydrogen-bond acceptors (Lipinski definition) is 3. The first-order chi connectivity index (χ1) is 7.42. The highest BCUT2D eigenvalue weighted by Crippen LogP contribution is 2.30. The van der Waals surface area contributed by atoms with Crippen molar-refractivity contribution in [1.82, 2.24) is 0 Å². The first kappa shape index (κ1) is 10.3. The van der Waals surface area contributed by atoms with Crippen molar-refractivity contribution in [3.05, 3.63) is 24.3 Å². The maximum atomic E-state index is 5.53. The minimum absolute atomic E-state index is 0.310. The number of para-hydroxylation sites is 2. The maximum absolute atomic E-state index is 5.53. The highest BCUT2D eigenvalue weighted by Gasteiger charge is 2.15. The van der Waals surface area contributed by atoms with Crippen LogP contribution in [-0.2, 0) is 4.74 Å². The summed E-state index contributed by atoms with van der Waals surface area (Å²) < 4.78 is 10.5. The van der Waals surface area contributed by atoms with Gasteiger partial charge in [0.2, 0.25) is 0 Å². The fraction of sp³-hybridized carbons (Fsp3) is 0.500. The van der Waals surface area contributed by atoms with Crippen molar-refractivity contribution in [3.8, 4) is 5.75 Å². The van der Waals surface area contributed by atoms with Gasteiger partial charge in [-0.1, -0.05) is 12.1 Å². The summed E-state index contributed by atoms with van der Waals surface area (Å²) in [6.07, 6.45) is 2.55. The molecule has 0 N–H and O–H groups in total. The van der Waals surface area contributed by atoms with Crippen molar-refractivity contribution < 1.29 is 9.47 Å². The van der Waals surface area contributed by atoms with E-state index in [-0.39, 0.29) is 0 Å². The van der Waals surface area contributed by atoms with E-state index in [0.29, 0.717) is 6.79 Å². The first-order valence-electron chi connectivity index (χ1n) is 5.37. The zero-order valence-corrected chi connectivity index (χ0v) is 9.11. The lowest BCUT2D eigenvalue weighted by Gasteiger charge is -2.20. The topological polar surface area (TPSA) is 21.7 Å². The summed E-state index contributed by atoms with van der Waals surface area (Å²) in [5, 5.41) is 0. The van der Waals surface area contributed by atoms with Gasteiger partial charge in [-0.3, -0.25) is 0 Å². The van der Waals surface area contributed by atoms with Gasteiger partial charge in [0, 0.05) is 20.2 Å². The maximum Gasteiger partial charge on any atom is 0.188 e. The third-order valence-corrected chi connectivity index (χ3v) is 2.64. The average molecular weight is 207 g/mol. The van der Waals surface area contributed by atoms with Crippen molar-refractivity contribution in [2.75, 3.05) is 31.9 Å². The molecule has 15 heavy (non-hydrogen) atoms. The molecule has 0 amide bonds. The second-order valence-corrected chi connectivity index (χ2v) is 3.71. The molecule has 0 atom stereocenters. The van der Waals surface area contributed by atoms with E-state index < -0.39 is 0 Å². The Morgan fingerprint density at radius 3 is 2.67 bits per heavy atom. The molecule has 0 spiro atoms. The van der Waals surface area contributed by atoms with Crippen LogP contribution in [0.15, 0.2) is 24.3 Å². The van der Waals surface area contributed by atoms with Gasteiger partial charge in [0.15, 0.2) is 6.79 Å². The molecule has 1 fully saturated rings. The summed E-state index contributed by atoms with van der Waals surface area (Å²) in [6.45, 7) is 2.57. The molecule has 0 bridgehead atoms. The summed E-state index contributed by atoms with van der Waals surface area (Å²) in [5.74, 6) is 0.918. The molecule has 1 heterocycles. The van der Waals surface area contributed by atoms with Crippen molar-refractivity contribution in [3.63, 3.8) is 0 Å². The highest BCUT2D eigenvalue weighted by atomic mass is 16.7. The number of anilines is 1. The molecule has 0 unspecified atom stereocenters. The van der Waals surface area contributed by atoms with Crippen LogP contribution in [0.25, 0.3) is 0 Å². The van der Waals surface area contributed by atoms with E-state index in [9.17, 15) is 0 Å². The van der Waals surface area contributed by atoms with Crippen LogP contribution in [0.4, 0.5) is 5.69 Å². The molecule has 0 aromatic heterocycles. The van der Waals surface area contributed by atoms with Crippen molar-refractivity contribution in [2.24, 2.45) is 0 Å². The Morgan fingerprint density at radius 1 is 1.20 bits per heavy atom. The fourth-order valence-electron chi connectivity index (χ4n) is 1.92. The molecule has 1 aromatic rings. The number of hydrogen-bond donors (Lipinski definition) is 0. The molecule has 1 aliphatic rings. The van der Waals surface area contributed by atoms with Crippen LogP contribution in [0.3, 0.4) is 0 Å². The van der Waals surface area contributed by atoms with E-state index in [4.69, 9.17) is 9.47 Å². The first-order valence-corrected chi connectivity index (χ1v) is 5.37. The summed E-state index contributed by atoms with van der Waals surface area (Å²) in [6, 6.07) is 8.14. The monoisotopic (exact) mass is 207 g/mol. The Bertz CT molecular complexity index is 308. The minimum Gasteiger partial charge on any atom is -0.465 e. The molecule has 0 radical (unpaired) electrons. The number of methoxy groups -OCH3 is 1. The lowest BCUT2D eigenvalue weighted by Crippen LogP contribution is -2.18. The lowest BCUT2D eigenvalue weighted by molar-refractivity contribution is 0.0514. The Kier molecular flexibility index (Phi) is 3.45. The van der Waals surface area contributed by atoms with Gasteiger partial charge in [0.25, 0.3) is 0 Å². The average Bonchev–Trinajstić information content (AvgIpc) is 2.80. The SMILES string of the molecule is COCOc1ccccc1N1CCCC1. The molecule has 82 valence electrons. The van der Waals surface area contributed by atoms with Gasteiger partial charge in [-0.25, -0.2) is 0 Å². The van der Waals surface area contributed by atoms with Crippen LogP contribution in [0, 0.1) is 0 Å². The molecule has 0 aliphatic carbocycles. The summed E-state index contributed by atoms with van der Waals surface area (Å²) >= 11 is 0. The quantitative estimate of drug-likeness (QED) is 0.707. The van der Waals surface area contributed by atoms with Crippen molar-refractivity contribution in [1.29, 1.82) is 0 Å². The Hall–Kier alpha value is -1.22. The van der Waals surface area contributed by atoms with Gasteiger partial charge >= 0.3 is 0 Å². The molecular weight excluding hydrogens is 190 g/mol. The van der Waals surface area contributed by atoms with E-state index in [1.54, 1.807) is 7.11 Å².